The summed E-state index contributed by atoms with van der Waals surface area (Å²) in [5.41, 5.74) is 6.60. The van der Waals surface area contributed by atoms with Crippen molar-refractivity contribution in [3.8, 4) is 5.69 Å². The minimum atomic E-state index is -0.441. The predicted octanol–water partition coefficient (Wildman–Crippen LogP) is 1.72. The average molecular weight is 234 g/mol. The fourth-order valence-electron chi connectivity index (χ4n) is 1.39. The number of amides is 1. The van der Waals surface area contributed by atoms with E-state index in [4.69, 9.17) is 17.3 Å². The highest BCUT2D eigenvalue weighted by Crippen LogP contribution is 2.09. The highest BCUT2D eigenvalue weighted by molar-refractivity contribution is 6.30. The fraction of sp³-hybridized carbons (Fsp3) is 0. The summed E-state index contributed by atoms with van der Waals surface area (Å²) in [7, 11) is 0. The van der Waals surface area contributed by atoms with Crippen molar-refractivity contribution in [2.24, 2.45) is 5.73 Å². The summed E-state index contributed by atoms with van der Waals surface area (Å²) in [5.74, 6) is -0.441. The van der Waals surface area contributed by atoms with Gasteiger partial charge in [-0.25, -0.2) is 0 Å². The van der Waals surface area contributed by atoms with E-state index in [1.807, 2.05) is 22.9 Å². The largest absolute Gasteiger partial charge is 0.365 e. The van der Waals surface area contributed by atoms with Gasteiger partial charge in [-0.2, -0.15) is 4.57 Å². The molecule has 0 unspecified atom stereocenters. The summed E-state index contributed by atoms with van der Waals surface area (Å²) in [6.45, 7) is 0. The van der Waals surface area contributed by atoms with E-state index in [0.29, 0.717) is 10.6 Å². The first-order valence-corrected chi connectivity index (χ1v) is 5.12. The Morgan fingerprint density at radius 3 is 2.50 bits per heavy atom. The molecule has 1 heterocycles. The van der Waals surface area contributed by atoms with E-state index in [9.17, 15) is 4.79 Å². The molecule has 0 bridgehead atoms. The number of hydrogen-bond donors (Lipinski definition) is 1. The van der Waals surface area contributed by atoms with Gasteiger partial charge in [-0.05, 0) is 18.2 Å². The van der Waals surface area contributed by atoms with Crippen molar-refractivity contribution in [1.29, 1.82) is 0 Å². The summed E-state index contributed by atoms with van der Waals surface area (Å²) in [4.78, 5) is 11.0. The van der Waals surface area contributed by atoms with Crippen LogP contribution in [0.2, 0.25) is 5.02 Å². The van der Waals surface area contributed by atoms with Crippen LogP contribution in [0.4, 0.5) is 0 Å². The zero-order valence-electron chi connectivity index (χ0n) is 8.43. The van der Waals surface area contributed by atoms with E-state index in [1.54, 1.807) is 30.5 Å². The molecule has 0 aliphatic carbocycles. The maximum Gasteiger partial charge on any atom is 0.254 e. The molecule has 2 aromatic rings. The van der Waals surface area contributed by atoms with Crippen molar-refractivity contribution >= 4 is 17.5 Å². The zero-order valence-corrected chi connectivity index (χ0v) is 9.19. The van der Waals surface area contributed by atoms with E-state index in [0.717, 1.165) is 5.69 Å². The standard InChI is InChI=1S/C12H9ClN2O/c13-10-3-5-11(6-4-10)15-7-1-2-9(8-15)12(14)16/h1-8H,(H-,14,16)/p+1. The van der Waals surface area contributed by atoms with Crippen LogP contribution < -0.4 is 10.3 Å². The molecule has 2 N–H and O–H groups in total. The summed E-state index contributed by atoms with van der Waals surface area (Å²) in [6, 6.07) is 10.8. The van der Waals surface area contributed by atoms with Crippen LogP contribution in [-0.4, -0.2) is 5.91 Å². The molecule has 16 heavy (non-hydrogen) atoms. The Hall–Kier alpha value is -1.87. The Morgan fingerprint density at radius 2 is 1.88 bits per heavy atom. The first-order valence-electron chi connectivity index (χ1n) is 4.74. The lowest BCUT2D eigenvalue weighted by atomic mass is 10.2. The van der Waals surface area contributed by atoms with Gasteiger partial charge in [0, 0.05) is 23.2 Å². The Bertz CT molecular complexity index is 523. The molecule has 0 aliphatic heterocycles. The normalized spacial score (nSPS) is 10.1. The molecule has 0 fully saturated rings. The molecule has 80 valence electrons. The maximum absolute atomic E-state index is 11.0. The lowest BCUT2D eigenvalue weighted by molar-refractivity contribution is -0.595. The molecular weight excluding hydrogens is 224 g/mol. The van der Waals surface area contributed by atoms with Crippen molar-refractivity contribution in [1.82, 2.24) is 0 Å². The smallest absolute Gasteiger partial charge is 0.254 e. The summed E-state index contributed by atoms with van der Waals surface area (Å²) in [6.07, 6.45) is 3.53. The summed E-state index contributed by atoms with van der Waals surface area (Å²) >= 11 is 5.80. The van der Waals surface area contributed by atoms with E-state index in [2.05, 4.69) is 0 Å². The molecule has 0 spiro atoms. The predicted molar refractivity (Wildman–Crippen MR) is 61.5 cm³/mol. The Balaban J connectivity index is 2.44. The van der Waals surface area contributed by atoms with E-state index < -0.39 is 5.91 Å². The average Bonchev–Trinajstić information content (AvgIpc) is 2.30. The summed E-state index contributed by atoms with van der Waals surface area (Å²) in [5, 5.41) is 0.676. The number of aromatic nitrogens is 1. The third-order valence-electron chi connectivity index (χ3n) is 2.21. The molecule has 1 aromatic heterocycles. The molecule has 0 radical (unpaired) electrons. The zero-order chi connectivity index (χ0) is 11.5. The summed E-state index contributed by atoms with van der Waals surface area (Å²) < 4.78 is 1.82. The molecule has 1 aromatic carbocycles. The van der Waals surface area contributed by atoms with E-state index in [1.165, 1.54) is 0 Å². The van der Waals surface area contributed by atoms with Crippen LogP contribution in [0.15, 0.2) is 48.8 Å². The molecule has 1 amide bonds. The van der Waals surface area contributed by atoms with Crippen LogP contribution in [0.25, 0.3) is 5.69 Å². The minimum absolute atomic E-state index is 0.441. The highest BCUT2D eigenvalue weighted by Gasteiger charge is 2.09. The van der Waals surface area contributed by atoms with E-state index >= 15 is 0 Å². The van der Waals surface area contributed by atoms with Gasteiger partial charge in [0.1, 0.15) is 5.56 Å². The molecule has 3 nitrogen and oxygen atoms in total. The SMILES string of the molecule is NC(=O)c1ccc[n+](-c2ccc(Cl)cc2)c1. The second-order valence-electron chi connectivity index (χ2n) is 3.34. The number of pyridine rings is 1. The van der Waals surface area contributed by atoms with Crippen LogP contribution in [0.5, 0.6) is 0 Å². The van der Waals surface area contributed by atoms with Gasteiger partial charge in [-0.15, -0.1) is 0 Å². The Labute approximate surface area is 98.1 Å². The molecule has 0 saturated carbocycles. The second kappa shape index (κ2) is 4.33. The number of benzene rings is 1. The number of hydrogen-bond acceptors (Lipinski definition) is 1. The third kappa shape index (κ3) is 2.20. The van der Waals surface area contributed by atoms with Crippen LogP contribution in [-0.2, 0) is 0 Å². The topological polar surface area (TPSA) is 47.0 Å². The number of nitrogens with two attached hydrogens (primary N) is 1. The van der Waals surface area contributed by atoms with Crippen LogP contribution >= 0.6 is 11.6 Å². The number of rotatable bonds is 2. The first-order chi connectivity index (χ1) is 7.66. The monoisotopic (exact) mass is 233 g/mol. The Kier molecular flexibility index (Phi) is 2.88. The maximum atomic E-state index is 11.0. The van der Waals surface area contributed by atoms with Gasteiger partial charge in [0.25, 0.3) is 5.91 Å². The van der Waals surface area contributed by atoms with Crippen molar-refractivity contribution in [3.05, 3.63) is 59.4 Å². The van der Waals surface area contributed by atoms with Crippen LogP contribution in [0.1, 0.15) is 10.4 Å². The first kappa shape index (κ1) is 10.6. The van der Waals surface area contributed by atoms with E-state index in [-0.39, 0.29) is 0 Å². The molecule has 0 aliphatic rings. The van der Waals surface area contributed by atoms with Gasteiger partial charge < -0.3 is 5.73 Å². The molecule has 4 heteroatoms. The van der Waals surface area contributed by atoms with Crippen molar-refractivity contribution in [2.75, 3.05) is 0 Å². The number of nitrogens with zero attached hydrogens (tertiary/aromatic N) is 1. The molecular formula is C12H10ClN2O+. The van der Waals surface area contributed by atoms with Crippen LogP contribution in [0, 0.1) is 0 Å². The number of primary amides is 1. The molecule has 2 rings (SSSR count). The lowest BCUT2D eigenvalue weighted by Gasteiger charge is -1.97. The third-order valence-corrected chi connectivity index (χ3v) is 2.46. The number of halogens is 1. The minimum Gasteiger partial charge on any atom is -0.365 e. The number of carbonyl (C=O) groups is 1. The highest BCUT2D eigenvalue weighted by atomic mass is 35.5. The van der Waals surface area contributed by atoms with Gasteiger partial charge in [0.05, 0.1) is 0 Å². The van der Waals surface area contributed by atoms with Gasteiger partial charge in [-0.1, -0.05) is 11.6 Å². The second-order valence-corrected chi connectivity index (χ2v) is 3.78. The van der Waals surface area contributed by atoms with Crippen molar-refractivity contribution in [2.45, 2.75) is 0 Å². The molecule has 0 saturated heterocycles. The fourth-order valence-corrected chi connectivity index (χ4v) is 1.52. The van der Waals surface area contributed by atoms with Crippen LogP contribution in [0.3, 0.4) is 0 Å². The molecule has 0 atom stereocenters. The van der Waals surface area contributed by atoms with Gasteiger partial charge in [0.2, 0.25) is 5.69 Å². The van der Waals surface area contributed by atoms with Crippen molar-refractivity contribution in [3.63, 3.8) is 0 Å². The van der Waals surface area contributed by atoms with Gasteiger partial charge in [0.15, 0.2) is 12.4 Å². The number of carbonyl (C=O) groups excluding carboxylic acids is 1. The van der Waals surface area contributed by atoms with Gasteiger partial charge >= 0.3 is 0 Å². The Morgan fingerprint density at radius 1 is 1.19 bits per heavy atom. The van der Waals surface area contributed by atoms with Crippen molar-refractivity contribution < 1.29 is 9.36 Å². The quantitative estimate of drug-likeness (QED) is 0.789. The lowest BCUT2D eigenvalue weighted by Crippen LogP contribution is -2.31. The van der Waals surface area contributed by atoms with Gasteiger partial charge in [-0.3, -0.25) is 4.79 Å².